The first kappa shape index (κ1) is 27.9. The molecule has 1 aliphatic heterocycles. The number of amides is 1. The van der Waals surface area contributed by atoms with E-state index in [4.69, 9.17) is 11.6 Å². The molecular weight excluding hydrogens is 546 g/mol. The summed E-state index contributed by atoms with van der Waals surface area (Å²) in [5, 5.41) is 1.82. The van der Waals surface area contributed by atoms with Crippen LogP contribution in [0.4, 0.5) is 28.9 Å². The predicted octanol–water partition coefficient (Wildman–Crippen LogP) is 5.96. The van der Waals surface area contributed by atoms with E-state index in [9.17, 15) is 30.8 Å². The molecule has 0 saturated carbocycles. The number of nitrogens with zero attached hydrogens (tertiary/aromatic N) is 2. The fourth-order valence-corrected chi connectivity index (χ4v) is 6.08. The minimum absolute atomic E-state index is 0.148. The topological polar surface area (TPSA) is 69.7 Å². The van der Waals surface area contributed by atoms with Crippen LogP contribution >= 0.6 is 11.6 Å². The van der Waals surface area contributed by atoms with E-state index in [1.807, 2.05) is 43.4 Å². The lowest BCUT2D eigenvalue weighted by Crippen LogP contribution is -2.53. The normalized spacial score (nSPS) is 16.9. The number of hydrogen-bond donors (Lipinski definition) is 1. The lowest BCUT2D eigenvalue weighted by molar-refractivity contribution is -0.136. The molecule has 1 fully saturated rings. The largest absolute Gasteiger partial charge is 0.418 e. The van der Waals surface area contributed by atoms with E-state index in [2.05, 4.69) is 4.90 Å². The molecule has 1 aliphatic rings. The lowest BCUT2D eigenvalue weighted by Gasteiger charge is -2.40. The molecule has 4 rings (SSSR count). The molecule has 38 heavy (non-hydrogen) atoms. The number of halogens is 5. The van der Waals surface area contributed by atoms with E-state index in [0.29, 0.717) is 12.6 Å². The molecule has 0 aliphatic carbocycles. The van der Waals surface area contributed by atoms with Crippen LogP contribution in [0.3, 0.4) is 0 Å². The number of carbonyl (C=O) groups is 1. The van der Waals surface area contributed by atoms with Crippen LogP contribution in [0.2, 0.25) is 5.02 Å². The third-order valence-electron chi connectivity index (χ3n) is 6.28. The van der Waals surface area contributed by atoms with Crippen molar-refractivity contribution in [1.29, 1.82) is 0 Å². The number of sulfonamides is 1. The Kier molecular flexibility index (Phi) is 7.74. The Labute approximate surface area is 222 Å². The molecule has 3 aromatic rings. The van der Waals surface area contributed by atoms with Crippen LogP contribution in [0.15, 0.2) is 65.6 Å². The molecule has 0 radical (unpaired) electrons. The van der Waals surface area contributed by atoms with Gasteiger partial charge in [0.2, 0.25) is 10.0 Å². The molecule has 12 heteroatoms. The Bertz CT molecular complexity index is 1480. The molecular formula is C26H24ClF4N3O3S. The lowest BCUT2D eigenvalue weighted by atomic mass is 10.1. The van der Waals surface area contributed by atoms with Gasteiger partial charge in [-0.05, 0) is 67.9 Å². The second kappa shape index (κ2) is 10.5. The summed E-state index contributed by atoms with van der Waals surface area (Å²) < 4.78 is 82.8. The van der Waals surface area contributed by atoms with Crippen molar-refractivity contribution >= 4 is 38.9 Å². The molecule has 1 amide bonds. The van der Waals surface area contributed by atoms with Gasteiger partial charge in [-0.15, -0.1) is 0 Å². The molecule has 0 bridgehead atoms. The van der Waals surface area contributed by atoms with Crippen LogP contribution in [0, 0.1) is 12.7 Å². The molecule has 3 aromatic carbocycles. The van der Waals surface area contributed by atoms with Gasteiger partial charge in [0.25, 0.3) is 5.91 Å². The standard InChI is InChI=1S/C26H24ClF4N3O3S/c1-16-4-3-5-19(12-16)34-11-10-33(15-17(34)2)38(36,37)20-7-8-23(28)21(14-20)25(35)32-24-9-6-18(27)13-22(24)26(29,30)31/h3-9,12-14,17H,10-11,15H2,1-2H3,(H,32,35). The van der Waals surface area contributed by atoms with Crippen molar-refractivity contribution in [2.24, 2.45) is 0 Å². The molecule has 202 valence electrons. The number of alkyl halides is 3. The van der Waals surface area contributed by atoms with E-state index in [1.54, 1.807) is 0 Å². The molecule has 6 nitrogen and oxygen atoms in total. The zero-order valence-corrected chi connectivity index (χ0v) is 22.0. The van der Waals surface area contributed by atoms with Crippen LogP contribution < -0.4 is 10.2 Å². The van der Waals surface area contributed by atoms with Gasteiger partial charge in [0.05, 0.1) is 21.7 Å². The third kappa shape index (κ3) is 5.79. The van der Waals surface area contributed by atoms with Crippen molar-refractivity contribution in [2.75, 3.05) is 29.9 Å². The Hall–Kier alpha value is -3.15. The van der Waals surface area contributed by atoms with Crippen molar-refractivity contribution in [3.05, 3.63) is 88.2 Å². The van der Waals surface area contributed by atoms with Gasteiger partial charge < -0.3 is 10.2 Å². The van der Waals surface area contributed by atoms with E-state index in [1.165, 1.54) is 4.31 Å². The minimum Gasteiger partial charge on any atom is -0.366 e. The third-order valence-corrected chi connectivity index (χ3v) is 8.38. The van der Waals surface area contributed by atoms with Gasteiger partial charge in [0.15, 0.2) is 0 Å². The summed E-state index contributed by atoms with van der Waals surface area (Å²) in [7, 11) is -4.13. The van der Waals surface area contributed by atoms with E-state index >= 15 is 0 Å². The zero-order chi connectivity index (χ0) is 27.8. The van der Waals surface area contributed by atoms with Crippen molar-refractivity contribution in [2.45, 2.75) is 31.0 Å². The van der Waals surface area contributed by atoms with Gasteiger partial charge in [0.1, 0.15) is 5.82 Å². The first-order valence-electron chi connectivity index (χ1n) is 11.6. The summed E-state index contributed by atoms with van der Waals surface area (Å²) >= 11 is 5.66. The van der Waals surface area contributed by atoms with Crippen molar-refractivity contribution in [3.8, 4) is 0 Å². The fourth-order valence-electron chi connectivity index (χ4n) is 4.37. The number of nitrogens with one attached hydrogen (secondary N) is 1. The number of benzene rings is 3. The van der Waals surface area contributed by atoms with Crippen LogP contribution in [-0.2, 0) is 16.2 Å². The van der Waals surface area contributed by atoms with Crippen LogP contribution in [0.5, 0.6) is 0 Å². The summed E-state index contributed by atoms with van der Waals surface area (Å²) in [6, 6.07) is 13.1. The summed E-state index contributed by atoms with van der Waals surface area (Å²) in [6.07, 6.45) is -4.84. The predicted molar refractivity (Wildman–Crippen MR) is 138 cm³/mol. The SMILES string of the molecule is Cc1cccc(N2CCN(S(=O)(=O)c3ccc(F)c(C(=O)Nc4ccc(Cl)cc4C(F)(F)F)c3)CC2C)c1. The van der Waals surface area contributed by atoms with Gasteiger partial charge in [-0.1, -0.05) is 23.7 Å². The maximum absolute atomic E-state index is 14.6. The average molecular weight is 570 g/mol. The highest BCUT2D eigenvalue weighted by Crippen LogP contribution is 2.37. The summed E-state index contributed by atoms with van der Waals surface area (Å²) in [5.41, 5.74) is -0.525. The highest BCUT2D eigenvalue weighted by Gasteiger charge is 2.35. The average Bonchev–Trinajstić information content (AvgIpc) is 2.84. The van der Waals surface area contributed by atoms with Crippen molar-refractivity contribution < 1.29 is 30.8 Å². The minimum atomic E-state index is -4.84. The first-order valence-corrected chi connectivity index (χ1v) is 13.4. The molecule has 1 atom stereocenters. The maximum Gasteiger partial charge on any atom is 0.418 e. The molecule has 1 unspecified atom stereocenters. The quantitative estimate of drug-likeness (QED) is 0.385. The van der Waals surface area contributed by atoms with Crippen LogP contribution in [-0.4, -0.2) is 44.3 Å². The van der Waals surface area contributed by atoms with Crippen LogP contribution in [0.1, 0.15) is 28.4 Å². The molecule has 1 N–H and O–H groups in total. The molecule has 0 aromatic heterocycles. The number of piperazine rings is 1. The second-order valence-corrected chi connectivity index (χ2v) is 11.4. The monoisotopic (exact) mass is 569 g/mol. The Morgan fingerprint density at radius 1 is 1.05 bits per heavy atom. The van der Waals surface area contributed by atoms with Gasteiger partial charge in [0, 0.05) is 36.4 Å². The number of anilines is 2. The number of rotatable bonds is 5. The number of carbonyl (C=O) groups excluding carboxylic acids is 1. The Balaban J connectivity index is 1.57. The van der Waals surface area contributed by atoms with E-state index in [0.717, 1.165) is 41.6 Å². The fraction of sp³-hybridized carbons (Fsp3) is 0.269. The zero-order valence-electron chi connectivity index (χ0n) is 20.4. The molecule has 0 spiro atoms. The second-order valence-electron chi connectivity index (χ2n) is 9.03. The van der Waals surface area contributed by atoms with Crippen molar-refractivity contribution in [3.63, 3.8) is 0 Å². The van der Waals surface area contributed by atoms with Crippen molar-refractivity contribution in [1.82, 2.24) is 4.31 Å². The van der Waals surface area contributed by atoms with E-state index < -0.39 is 44.7 Å². The van der Waals surface area contributed by atoms with Gasteiger partial charge in [-0.25, -0.2) is 12.8 Å². The maximum atomic E-state index is 14.6. The number of aryl methyl sites for hydroxylation is 1. The summed E-state index contributed by atoms with van der Waals surface area (Å²) in [5.74, 6) is -2.31. The Morgan fingerprint density at radius 2 is 1.79 bits per heavy atom. The molecule has 1 heterocycles. The highest BCUT2D eigenvalue weighted by molar-refractivity contribution is 7.89. The van der Waals surface area contributed by atoms with Gasteiger partial charge >= 0.3 is 6.18 Å². The van der Waals surface area contributed by atoms with E-state index in [-0.39, 0.29) is 29.0 Å². The smallest absolute Gasteiger partial charge is 0.366 e. The highest BCUT2D eigenvalue weighted by atomic mass is 35.5. The summed E-state index contributed by atoms with van der Waals surface area (Å²) in [4.78, 5) is 14.5. The molecule has 1 saturated heterocycles. The Morgan fingerprint density at radius 3 is 2.45 bits per heavy atom. The van der Waals surface area contributed by atoms with Gasteiger partial charge in [-0.2, -0.15) is 17.5 Å². The van der Waals surface area contributed by atoms with Crippen LogP contribution in [0.25, 0.3) is 0 Å². The first-order chi connectivity index (χ1) is 17.8. The summed E-state index contributed by atoms with van der Waals surface area (Å²) in [6.45, 7) is 4.56. The number of hydrogen-bond acceptors (Lipinski definition) is 4. The van der Waals surface area contributed by atoms with Gasteiger partial charge in [-0.3, -0.25) is 4.79 Å².